The number of hydrogen-bond donors (Lipinski definition) is 1. The highest BCUT2D eigenvalue weighted by molar-refractivity contribution is 9.10. The molecule has 166 valence electrons. The number of aryl methyl sites for hydroxylation is 2. The number of amides is 1. The van der Waals surface area contributed by atoms with Crippen LogP contribution < -0.4 is 5.32 Å². The number of carbonyl (C=O) groups is 1. The van der Waals surface area contributed by atoms with Gasteiger partial charge in [0.05, 0.1) is 28.4 Å². The predicted octanol–water partition coefficient (Wildman–Crippen LogP) is 4.95. The quantitative estimate of drug-likeness (QED) is 0.353. The van der Waals surface area contributed by atoms with Crippen molar-refractivity contribution in [2.75, 3.05) is 5.32 Å². The third-order valence-electron chi connectivity index (χ3n) is 5.29. The molecule has 0 unspecified atom stereocenters. The van der Waals surface area contributed by atoms with E-state index in [9.17, 15) is 4.79 Å². The molecule has 0 atom stereocenters. The maximum absolute atomic E-state index is 12.8. The van der Waals surface area contributed by atoms with Crippen LogP contribution in [-0.2, 0) is 17.9 Å². The lowest BCUT2D eigenvalue weighted by atomic mass is 10.1. The lowest BCUT2D eigenvalue weighted by Gasteiger charge is -2.05. The maximum atomic E-state index is 12.8. The molecule has 0 saturated heterocycles. The number of furan rings is 1. The molecule has 0 aliphatic heterocycles. The number of rotatable bonds is 6. The van der Waals surface area contributed by atoms with E-state index in [0.717, 1.165) is 28.0 Å². The van der Waals surface area contributed by atoms with Gasteiger partial charge in [0.15, 0.2) is 11.5 Å². The van der Waals surface area contributed by atoms with Gasteiger partial charge in [-0.1, -0.05) is 29.8 Å². The van der Waals surface area contributed by atoms with Crippen molar-refractivity contribution in [2.45, 2.75) is 26.9 Å². The number of carbonyl (C=O) groups excluding carboxylic acids is 1. The standard InChI is InChI=1S/C24H21BrN6O2/c1-15-5-3-6-17(11-15)12-30-13-19(25)23(29-30)27-21(32)14-31-24-22(16(2)28-31)18(8-9-26-24)20-7-4-10-33-20/h3-11,13H,12,14H2,1-2H3,(H,27,29,32). The summed E-state index contributed by atoms with van der Waals surface area (Å²) in [6, 6.07) is 13.9. The lowest BCUT2D eigenvalue weighted by molar-refractivity contribution is -0.116. The molecule has 0 aliphatic rings. The summed E-state index contributed by atoms with van der Waals surface area (Å²) in [5, 5.41) is 12.8. The topological polar surface area (TPSA) is 90.8 Å². The fourth-order valence-electron chi connectivity index (χ4n) is 3.90. The van der Waals surface area contributed by atoms with E-state index >= 15 is 0 Å². The van der Waals surface area contributed by atoms with E-state index in [0.29, 0.717) is 22.5 Å². The molecule has 0 saturated carbocycles. The Labute approximate surface area is 198 Å². The van der Waals surface area contributed by atoms with Gasteiger partial charge < -0.3 is 9.73 Å². The second-order valence-electron chi connectivity index (χ2n) is 7.84. The van der Waals surface area contributed by atoms with Crippen LogP contribution in [0.2, 0.25) is 0 Å². The zero-order valence-electron chi connectivity index (χ0n) is 18.1. The second-order valence-corrected chi connectivity index (χ2v) is 8.69. The summed E-state index contributed by atoms with van der Waals surface area (Å²) in [6.45, 7) is 4.57. The van der Waals surface area contributed by atoms with Crippen LogP contribution in [0.3, 0.4) is 0 Å². The molecule has 1 aromatic carbocycles. The summed E-state index contributed by atoms with van der Waals surface area (Å²) >= 11 is 3.49. The number of halogens is 1. The number of pyridine rings is 1. The highest BCUT2D eigenvalue weighted by Crippen LogP contribution is 2.30. The molecule has 5 aromatic rings. The second kappa shape index (κ2) is 8.67. The number of hydrogen-bond acceptors (Lipinski definition) is 5. The van der Waals surface area contributed by atoms with Gasteiger partial charge in [-0.25, -0.2) is 9.67 Å². The minimum atomic E-state index is -0.244. The van der Waals surface area contributed by atoms with Crippen LogP contribution in [0.15, 0.2) is 70.0 Å². The zero-order valence-corrected chi connectivity index (χ0v) is 19.7. The Morgan fingerprint density at radius 2 is 2.03 bits per heavy atom. The van der Waals surface area contributed by atoms with Crippen LogP contribution in [0.4, 0.5) is 5.82 Å². The molecule has 4 heterocycles. The SMILES string of the molecule is Cc1cccc(Cn2cc(Br)c(NC(=O)Cn3nc(C)c4c(-c5ccco5)ccnc43)n2)c1. The van der Waals surface area contributed by atoms with E-state index in [1.807, 2.05) is 37.4 Å². The first kappa shape index (κ1) is 21.1. The molecule has 33 heavy (non-hydrogen) atoms. The van der Waals surface area contributed by atoms with Gasteiger partial charge in [0.1, 0.15) is 12.3 Å². The van der Waals surface area contributed by atoms with E-state index in [-0.39, 0.29) is 12.5 Å². The van der Waals surface area contributed by atoms with Crippen LogP contribution in [-0.4, -0.2) is 30.5 Å². The van der Waals surface area contributed by atoms with Gasteiger partial charge in [0.2, 0.25) is 5.91 Å². The van der Waals surface area contributed by atoms with Gasteiger partial charge in [-0.3, -0.25) is 9.48 Å². The minimum Gasteiger partial charge on any atom is -0.464 e. The van der Waals surface area contributed by atoms with Crippen molar-refractivity contribution >= 4 is 38.7 Å². The zero-order chi connectivity index (χ0) is 22.9. The largest absolute Gasteiger partial charge is 0.464 e. The van der Waals surface area contributed by atoms with Gasteiger partial charge in [0, 0.05) is 18.0 Å². The van der Waals surface area contributed by atoms with Crippen molar-refractivity contribution in [3.63, 3.8) is 0 Å². The predicted molar refractivity (Wildman–Crippen MR) is 129 cm³/mol. The molecule has 0 spiro atoms. The Morgan fingerprint density at radius 1 is 1.15 bits per heavy atom. The first-order valence-electron chi connectivity index (χ1n) is 10.4. The summed E-state index contributed by atoms with van der Waals surface area (Å²) in [5.41, 5.74) is 4.63. The first-order valence-corrected chi connectivity index (χ1v) is 11.2. The molecule has 0 bridgehead atoms. The fourth-order valence-corrected chi connectivity index (χ4v) is 4.31. The number of nitrogens with one attached hydrogen (secondary N) is 1. The average Bonchev–Trinajstić information content (AvgIpc) is 3.49. The number of fused-ring (bicyclic) bond motifs is 1. The van der Waals surface area contributed by atoms with E-state index in [2.05, 4.69) is 61.6 Å². The highest BCUT2D eigenvalue weighted by Gasteiger charge is 2.18. The summed E-state index contributed by atoms with van der Waals surface area (Å²) in [5.74, 6) is 0.953. The molecule has 1 amide bonds. The van der Waals surface area contributed by atoms with Gasteiger partial charge in [0.25, 0.3) is 0 Å². The van der Waals surface area contributed by atoms with Crippen LogP contribution in [0, 0.1) is 13.8 Å². The fraction of sp³-hybridized carbons (Fsp3) is 0.167. The Morgan fingerprint density at radius 3 is 2.82 bits per heavy atom. The third-order valence-corrected chi connectivity index (χ3v) is 5.87. The molecule has 0 aliphatic carbocycles. The molecular formula is C24H21BrN6O2. The van der Waals surface area contributed by atoms with Gasteiger partial charge >= 0.3 is 0 Å². The van der Waals surface area contributed by atoms with Gasteiger partial charge in [-0.15, -0.1) is 0 Å². The highest BCUT2D eigenvalue weighted by atomic mass is 79.9. The van der Waals surface area contributed by atoms with E-state index in [1.165, 1.54) is 5.56 Å². The van der Waals surface area contributed by atoms with E-state index in [1.54, 1.807) is 21.8 Å². The molecule has 1 N–H and O–H groups in total. The summed E-state index contributed by atoms with van der Waals surface area (Å²) in [6.07, 6.45) is 5.17. The van der Waals surface area contributed by atoms with Crippen LogP contribution >= 0.6 is 15.9 Å². The smallest absolute Gasteiger partial charge is 0.247 e. The van der Waals surface area contributed by atoms with Crippen molar-refractivity contribution in [1.29, 1.82) is 0 Å². The Balaban J connectivity index is 1.35. The van der Waals surface area contributed by atoms with Crippen molar-refractivity contribution in [1.82, 2.24) is 24.5 Å². The molecule has 5 rings (SSSR count). The van der Waals surface area contributed by atoms with Crippen LogP contribution in [0.25, 0.3) is 22.4 Å². The van der Waals surface area contributed by atoms with Crippen molar-refractivity contribution in [3.8, 4) is 11.3 Å². The number of anilines is 1. The van der Waals surface area contributed by atoms with Gasteiger partial charge in [-0.2, -0.15) is 10.2 Å². The van der Waals surface area contributed by atoms with Crippen molar-refractivity contribution in [3.05, 3.63) is 82.4 Å². The molecular weight excluding hydrogens is 484 g/mol. The van der Waals surface area contributed by atoms with E-state index < -0.39 is 0 Å². The number of benzene rings is 1. The monoisotopic (exact) mass is 504 g/mol. The van der Waals surface area contributed by atoms with E-state index in [4.69, 9.17) is 4.42 Å². The molecule has 0 fully saturated rings. The molecule has 4 aromatic heterocycles. The Bertz CT molecular complexity index is 1450. The van der Waals surface area contributed by atoms with Crippen molar-refractivity contribution in [2.24, 2.45) is 0 Å². The van der Waals surface area contributed by atoms with Crippen molar-refractivity contribution < 1.29 is 9.21 Å². The maximum Gasteiger partial charge on any atom is 0.247 e. The molecule has 8 nitrogen and oxygen atoms in total. The number of nitrogens with zero attached hydrogens (tertiary/aromatic N) is 5. The summed E-state index contributed by atoms with van der Waals surface area (Å²) < 4.78 is 9.66. The lowest BCUT2D eigenvalue weighted by Crippen LogP contribution is -2.20. The van der Waals surface area contributed by atoms with Crippen LogP contribution in [0.5, 0.6) is 0 Å². The average molecular weight is 505 g/mol. The Hall–Kier alpha value is -3.72. The van der Waals surface area contributed by atoms with Crippen LogP contribution in [0.1, 0.15) is 16.8 Å². The number of aromatic nitrogens is 5. The normalized spacial score (nSPS) is 11.2. The minimum absolute atomic E-state index is 0.0100. The molecule has 9 heteroatoms. The third kappa shape index (κ3) is 4.31. The molecule has 0 radical (unpaired) electrons. The van der Waals surface area contributed by atoms with Gasteiger partial charge in [-0.05, 0) is 53.5 Å². The first-order chi connectivity index (χ1) is 16.0. The summed E-state index contributed by atoms with van der Waals surface area (Å²) in [7, 11) is 0. The summed E-state index contributed by atoms with van der Waals surface area (Å²) in [4.78, 5) is 17.3. The Kier molecular flexibility index (Phi) is 5.55.